The van der Waals surface area contributed by atoms with E-state index in [0.717, 1.165) is 0 Å². The van der Waals surface area contributed by atoms with E-state index in [1.807, 2.05) is 0 Å². The molecule has 3 rings (SSSR count). The third-order valence-corrected chi connectivity index (χ3v) is 4.69. The third-order valence-electron chi connectivity index (χ3n) is 4.69. The van der Waals surface area contributed by atoms with Crippen LogP contribution in [-0.2, 0) is 14.4 Å². The number of hydrogen-bond acceptors (Lipinski definition) is 3. The molecular formula is C17H19FN2O4. The molecule has 0 bridgehead atoms. The Morgan fingerprint density at radius 2 is 1.83 bits per heavy atom. The van der Waals surface area contributed by atoms with Gasteiger partial charge in [-0.3, -0.25) is 14.4 Å². The van der Waals surface area contributed by atoms with E-state index in [-0.39, 0.29) is 37.1 Å². The van der Waals surface area contributed by atoms with Crippen LogP contribution in [0.2, 0.25) is 0 Å². The predicted octanol–water partition coefficient (Wildman–Crippen LogP) is 1.50. The van der Waals surface area contributed by atoms with Gasteiger partial charge in [0.05, 0.1) is 11.8 Å². The van der Waals surface area contributed by atoms with Gasteiger partial charge in [-0.2, -0.15) is 0 Å². The van der Waals surface area contributed by atoms with Crippen LogP contribution in [-0.4, -0.2) is 47.4 Å². The molecule has 128 valence electrons. The molecule has 1 aromatic carbocycles. The lowest BCUT2D eigenvalue weighted by molar-refractivity contribution is -0.146. The van der Waals surface area contributed by atoms with Crippen LogP contribution in [0.5, 0.6) is 0 Å². The van der Waals surface area contributed by atoms with Crippen LogP contribution in [0.25, 0.3) is 0 Å². The number of hydrogen-bond donors (Lipinski definition) is 1. The van der Waals surface area contributed by atoms with E-state index in [4.69, 9.17) is 5.11 Å². The normalized spacial score (nSPS) is 24.3. The molecule has 0 unspecified atom stereocenters. The van der Waals surface area contributed by atoms with Gasteiger partial charge in [0, 0.05) is 31.7 Å². The molecule has 0 spiro atoms. The van der Waals surface area contributed by atoms with Crippen molar-refractivity contribution >= 4 is 23.5 Å². The number of anilines is 1. The molecule has 0 aromatic heterocycles. The quantitative estimate of drug-likeness (QED) is 0.909. The smallest absolute Gasteiger partial charge is 0.308 e. The van der Waals surface area contributed by atoms with Gasteiger partial charge in [-0.25, -0.2) is 4.39 Å². The first-order valence-corrected chi connectivity index (χ1v) is 8.03. The van der Waals surface area contributed by atoms with Gasteiger partial charge in [0.2, 0.25) is 11.8 Å². The summed E-state index contributed by atoms with van der Waals surface area (Å²) in [5.74, 6) is -2.62. The number of aliphatic carboxylic acids is 1. The first-order chi connectivity index (χ1) is 11.5. The average Bonchev–Trinajstić information content (AvgIpc) is 2.97. The summed E-state index contributed by atoms with van der Waals surface area (Å²) in [6, 6.07) is 5.59. The Balaban J connectivity index is 1.67. The van der Waals surface area contributed by atoms with Gasteiger partial charge in [-0.15, -0.1) is 0 Å². The highest BCUT2D eigenvalue weighted by molar-refractivity contribution is 6.00. The zero-order valence-electron chi connectivity index (χ0n) is 13.2. The SMILES string of the molecule is O=C(O)[C@H]1CCCN(C(=O)[C@H]2CC(=O)N(c3ccc(F)cc3)C2)C1. The summed E-state index contributed by atoms with van der Waals surface area (Å²) < 4.78 is 13.0. The number of carboxylic acids is 1. The molecule has 2 atom stereocenters. The van der Waals surface area contributed by atoms with E-state index >= 15 is 0 Å². The van der Waals surface area contributed by atoms with Crippen LogP contribution in [0.3, 0.4) is 0 Å². The van der Waals surface area contributed by atoms with E-state index in [1.54, 1.807) is 4.90 Å². The molecule has 2 fully saturated rings. The molecule has 2 heterocycles. The second kappa shape index (κ2) is 6.59. The molecule has 1 N–H and O–H groups in total. The van der Waals surface area contributed by atoms with E-state index in [9.17, 15) is 18.8 Å². The summed E-state index contributed by atoms with van der Waals surface area (Å²) in [7, 11) is 0. The molecule has 7 heteroatoms. The van der Waals surface area contributed by atoms with Crippen LogP contribution in [0.1, 0.15) is 19.3 Å². The average molecular weight is 334 g/mol. The summed E-state index contributed by atoms with van der Waals surface area (Å²) in [6.45, 7) is 0.983. The summed E-state index contributed by atoms with van der Waals surface area (Å²) in [5, 5.41) is 9.13. The maximum absolute atomic E-state index is 13.0. The monoisotopic (exact) mass is 334 g/mol. The van der Waals surface area contributed by atoms with E-state index in [0.29, 0.717) is 25.1 Å². The second-order valence-corrected chi connectivity index (χ2v) is 6.34. The molecule has 0 radical (unpaired) electrons. The Hall–Kier alpha value is -2.44. The molecule has 2 aliphatic rings. The van der Waals surface area contributed by atoms with Gasteiger partial charge in [0.25, 0.3) is 0 Å². The summed E-state index contributed by atoms with van der Waals surface area (Å²) >= 11 is 0. The summed E-state index contributed by atoms with van der Waals surface area (Å²) in [5.41, 5.74) is 0.568. The minimum atomic E-state index is -0.886. The molecule has 2 aliphatic heterocycles. The predicted molar refractivity (Wildman–Crippen MR) is 83.8 cm³/mol. The minimum absolute atomic E-state index is 0.102. The number of carbonyl (C=O) groups is 3. The second-order valence-electron chi connectivity index (χ2n) is 6.34. The lowest BCUT2D eigenvalue weighted by Gasteiger charge is -2.32. The molecule has 6 nitrogen and oxygen atoms in total. The number of piperidine rings is 1. The van der Waals surface area contributed by atoms with Gasteiger partial charge >= 0.3 is 5.97 Å². The summed E-state index contributed by atoms with van der Waals surface area (Å²) in [4.78, 5) is 39.0. The zero-order chi connectivity index (χ0) is 17.3. The van der Waals surface area contributed by atoms with Crippen LogP contribution < -0.4 is 4.90 Å². The van der Waals surface area contributed by atoms with Crippen molar-refractivity contribution in [1.82, 2.24) is 4.90 Å². The van der Waals surface area contributed by atoms with Gasteiger partial charge < -0.3 is 14.9 Å². The van der Waals surface area contributed by atoms with Gasteiger partial charge in [-0.1, -0.05) is 0 Å². The number of nitrogens with zero attached hydrogens (tertiary/aromatic N) is 2. The number of rotatable bonds is 3. The number of carboxylic acid groups (broad SMARTS) is 1. The Bertz CT molecular complexity index is 661. The van der Waals surface area contributed by atoms with Crippen molar-refractivity contribution < 1.29 is 23.9 Å². The number of carbonyl (C=O) groups excluding carboxylic acids is 2. The van der Waals surface area contributed by atoms with Crippen molar-refractivity contribution in [2.45, 2.75) is 19.3 Å². The molecule has 2 saturated heterocycles. The first kappa shape index (κ1) is 16.4. The Labute approximate surface area is 138 Å². The van der Waals surface area contributed by atoms with Crippen molar-refractivity contribution in [3.63, 3.8) is 0 Å². The van der Waals surface area contributed by atoms with Crippen molar-refractivity contribution in [3.8, 4) is 0 Å². The highest BCUT2D eigenvalue weighted by Crippen LogP contribution is 2.28. The molecule has 2 amide bonds. The van der Waals surface area contributed by atoms with Crippen molar-refractivity contribution in [1.29, 1.82) is 0 Å². The van der Waals surface area contributed by atoms with Crippen LogP contribution >= 0.6 is 0 Å². The minimum Gasteiger partial charge on any atom is -0.481 e. The van der Waals surface area contributed by atoms with Gasteiger partial charge in [0.1, 0.15) is 5.82 Å². The van der Waals surface area contributed by atoms with Crippen LogP contribution in [0.4, 0.5) is 10.1 Å². The van der Waals surface area contributed by atoms with Crippen molar-refractivity contribution in [2.24, 2.45) is 11.8 Å². The number of halogens is 1. The maximum Gasteiger partial charge on any atom is 0.308 e. The Morgan fingerprint density at radius 1 is 1.12 bits per heavy atom. The molecule has 1 aromatic rings. The fourth-order valence-corrected chi connectivity index (χ4v) is 3.38. The molecule has 0 aliphatic carbocycles. The first-order valence-electron chi connectivity index (χ1n) is 8.03. The fraction of sp³-hybridized carbons (Fsp3) is 0.471. The lowest BCUT2D eigenvalue weighted by Crippen LogP contribution is -2.45. The number of amides is 2. The Kier molecular flexibility index (Phi) is 4.51. The largest absolute Gasteiger partial charge is 0.481 e. The van der Waals surface area contributed by atoms with Crippen LogP contribution in [0.15, 0.2) is 24.3 Å². The Morgan fingerprint density at radius 3 is 2.50 bits per heavy atom. The van der Waals surface area contributed by atoms with Gasteiger partial charge in [-0.05, 0) is 37.1 Å². The molecular weight excluding hydrogens is 315 g/mol. The third kappa shape index (κ3) is 3.25. The lowest BCUT2D eigenvalue weighted by atomic mass is 9.96. The summed E-state index contributed by atoms with van der Waals surface area (Å²) in [6.07, 6.45) is 1.33. The number of likely N-dealkylation sites (tertiary alicyclic amines) is 1. The molecule has 0 saturated carbocycles. The molecule has 24 heavy (non-hydrogen) atoms. The standard InChI is InChI=1S/C17H19FN2O4/c18-13-3-5-14(6-4-13)20-10-12(8-15(20)21)16(22)19-7-1-2-11(9-19)17(23)24/h3-6,11-12H,1-2,7-10H2,(H,23,24)/t11-,12-/m0/s1. The highest BCUT2D eigenvalue weighted by atomic mass is 19.1. The maximum atomic E-state index is 13.0. The van der Waals surface area contributed by atoms with E-state index in [1.165, 1.54) is 29.2 Å². The van der Waals surface area contributed by atoms with E-state index in [2.05, 4.69) is 0 Å². The highest BCUT2D eigenvalue weighted by Gasteiger charge is 2.39. The van der Waals surface area contributed by atoms with E-state index < -0.39 is 17.8 Å². The zero-order valence-corrected chi connectivity index (χ0v) is 13.2. The fourth-order valence-electron chi connectivity index (χ4n) is 3.38. The topological polar surface area (TPSA) is 77.9 Å². The number of benzene rings is 1. The van der Waals surface area contributed by atoms with Crippen molar-refractivity contribution in [3.05, 3.63) is 30.1 Å². The van der Waals surface area contributed by atoms with Crippen molar-refractivity contribution in [2.75, 3.05) is 24.5 Å². The van der Waals surface area contributed by atoms with Crippen LogP contribution in [0, 0.1) is 17.7 Å². The van der Waals surface area contributed by atoms with Gasteiger partial charge in [0.15, 0.2) is 0 Å².